The highest BCUT2D eigenvalue weighted by Crippen LogP contribution is 2.32. The summed E-state index contributed by atoms with van der Waals surface area (Å²) in [6, 6.07) is 10.1. The molecule has 0 saturated carbocycles. The second-order valence-electron chi connectivity index (χ2n) is 7.62. The minimum Gasteiger partial charge on any atom is -0.495 e. The quantitative estimate of drug-likeness (QED) is 0.437. The Labute approximate surface area is 208 Å². The van der Waals surface area contributed by atoms with E-state index in [0.29, 0.717) is 59.8 Å². The fraction of sp³-hybridized carbons (Fsp3) is 0.320. The molecule has 0 bridgehead atoms. The van der Waals surface area contributed by atoms with Gasteiger partial charge in [0.25, 0.3) is 11.8 Å². The third-order valence-corrected chi connectivity index (χ3v) is 5.71. The van der Waals surface area contributed by atoms with Crippen LogP contribution in [-0.4, -0.2) is 63.8 Å². The molecular formula is C25H26ClN3O6. The third-order valence-electron chi connectivity index (χ3n) is 5.31. The molecule has 0 atom stereocenters. The fourth-order valence-electron chi connectivity index (χ4n) is 3.37. The first-order chi connectivity index (χ1) is 16.9. The summed E-state index contributed by atoms with van der Waals surface area (Å²) in [5, 5.41) is 12.8. The Balaban J connectivity index is 1.73. The van der Waals surface area contributed by atoms with Crippen LogP contribution in [0.25, 0.3) is 6.08 Å². The molecule has 2 amide bonds. The maximum Gasteiger partial charge on any atom is 0.266 e. The zero-order chi connectivity index (χ0) is 25.4. The van der Waals surface area contributed by atoms with Crippen LogP contribution in [0.15, 0.2) is 35.9 Å². The predicted molar refractivity (Wildman–Crippen MR) is 131 cm³/mol. The molecule has 1 saturated heterocycles. The Morgan fingerprint density at radius 1 is 1.14 bits per heavy atom. The number of carbonyl (C=O) groups excluding carboxylic acids is 2. The van der Waals surface area contributed by atoms with Crippen LogP contribution in [0.2, 0.25) is 5.02 Å². The van der Waals surface area contributed by atoms with Crippen LogP contribution < -0.4 is 19.5 Å². The van der Waals surface area contributed by atoms with E-state index in [0.717, 1.165) is 5.56 Å². The van der Waals surface area contributed by atoms with E-state index in [2.05, 4.69) is 5.32 Å². The molecule has 0 spiro atoms. The molecule has 0 aromatic heterocycles. The lowest BCUT2D eigenvalue weighted by Gasteiger charge is -2.26. The van der Waals surface area contributed by atoms with Gasteiger partial charge in [-0.2, -0.15) is 5.26 Å². The van der Waals surface area contributed by atoms with Crippen molar-refractivity contribution in [2.45, 2.75) is 6.92 Å². The van der Waals surface area contributed by atoms with Gasteiger partial charge in [0, 0.05) is 24.2 Å². The van der Waals surface area contributed by atoms with Gasteiger partial charge >= 0.3 is 0 Å². The van der Waals surface area contributed by atoms with E-state index in [1.54, 1.807) is 42.2 Å². The second kappa shape index (κ2) is 12.1. The van der Waals surface area contributed by atoms with Crippen LogP contribution in [0.4, 0.5) is 5.69 Å². The monoisotopic (exact) mass is 499 g/mol. The van der Waals surface area contributed by atoms with Gasteiger partial charge in [0.05, 0.1) is 33.1 Å². The molecule has 0 aliphatic carbocycles. The van der Waals surface area contributed by atoms with Crippen molar-refractivity contribution in [2.75, 3.05) is 52.4 Å². The number of carbonyl (C=O) groups is 2. The second-order valence-corrected chi connectivity index (χ2v) is 8.02. The van der Waals surface area contributed by atoms with Crippen molar-refractivity contribution in [3.8, 4) is 23.3 Å². The summed E-state index contributed by atoms with van der Waals surface area (Å²) >= 11 is 6.11. The Morgan fingerprint density at radius 3 is 2.51 bits per heavy atom. The van der Waals surface area contributed by atoms with Crippen LogP contribution >= 0.6 is 11.6 Å². The van der Waals surface area contributed by atoms with Crippen molar-refractivity contribution in [1.82, 2.24) is 4.90 Å². The van der Waals surface area contributed by atoms with Gasteiger partial charge in [-0.3, -0.25) is 9.59 Å². The third kappa shape index (κ3) is 6.66. The van der Waals surface area contributed by atoms with E-state index in [9.17, 15) is 14.9 Å². The number of ether oxygens (including phenoxy) is 4. The number of nitriles is 1. The number of nitrogens with zero attached hydrogens (tertiary/aromatic N) is 2. The first kappa shape index (κ1) is 25.9. The van der Waals surface area contributed by atoms with Gasteiger partial charge in [-0.15, -0.1) is 0 Å². The molecule has 35 heavy (non-hydrogen) atoms. The lowest BCUT2D eigenvalue weighted by atomic mass is 10.1. The minimum absolute atomic E-state index is 0.127. The van der Waals surface area contributed by atoms with Crippen molar-refractivity contribution in [2.24, 2.45) is 0 Å². The van der Waals surface area contributed by atoms with Crippen LogP contribution in [0.5, 0.6) is 17.2 Å². The van der Waals surface area contributed by atoms with E-state index < -0.39 is 5.91 Å². The van der Waals surface area contributed by atoms with E-state index in [1.165, 1.54) is 20.3 Å². The van der Waals surface area contributed by atoms with Crippen molar-refractivity contribution in [3.05, 3.63) is 52.1 Å². The van der Waals surface area contributed by atoms with Crippen LogP contribution in [0.3, 0.4) is 0 Å². The Hall–Kier alpha value is -3.74. The molecule has 1 aliphatic rings. The number of anilines is 1. The number of morpholine rings is 1. The van der Waals surface area contributed by atoms with E-state index in [4.69, 9.17) is 30.5 Å². The van der Waals surface area contributed by atoms with Crippen molar-refractivity contribution < 1.29 is 28.5 Å². The number of hydrogen-bond donors (Lipinski definition) is 1. The van der Waals surface area contributed by atoms with Crippen LogP contribution in [0.1, 0.15) is 11.1 Å². The molecule has 1 aliphatic heterocycles. The molecule has 184 valence electrons. The smallest absolute Gasteiger partial charge is 0.266 e. The Bertz CT molecular complexity index is 1170. The first-order valence-corrected chi connectivity index (χ1v) is 11.2. The average molecular weight is 500 g/mol. The number of amides is 2. The maximum absolute atomic E-state index is 12.8. The summed E-state index contributed by atoms with van der Waals surface area (Å²) in [5.74, 6) is 0.358. The summed E-state index contributed by atoms with van der Waals surface area (Å²) in [6.07, 6.45) is 1.43. The molecule has 2 aromatic carbocycles. The number of methoxy groups -OCH3 is 2. The van der Waals surface area contributed by atoms with Gasteiger partial charge in [0.1, 0.15) is 17.4 Å². The minimum atomic E-state index is -0.608. The molecule has 10 heteroatoms. The highest BCUT2D eigenvalue weighted by atomic mass is 35.5. The summed E-state index contributed by atoms with van der Waals surface area (Å²) in [5.41, 5.74) is 1.56. The number of hydrogen-bond acceptors (Lipinski definition) is 7. The molecule has 1 fully saturated rings. The molecular weight excluding hydrogens is 474 g/mol. The lowest BCUT2D eigenvalue weighted by Crippen LogP contribution is -2.43. The number of nitrogens with one attached hydrogen (secondary N) is 1. The van der Waals surface area contributed by atoms with E-state index >= 15 is 0 Å². The predicted octanol–water partition coefficient (Wildman–Crippen LogP) is 3.45. The van der Waals surface area contributed by atoms with E-state index in [1.807, 2.05) is 6.07 Å². The van der Waals surface area contributed by atoms with E-state index in [-0.39, 0.29) is 18.1 Å². The van der Waals surface area contributed by atoms with Gasteiger partial charge in [-0.25, -0.2) is 0 Å². The molecule has 1 N–H and O–H groups in total. The summed E-state index contributed by atoms with van der Waals surface area (Å²) in [7, 11) is 2.93. The van der Waals surface area contributed by atoms with Gasteiger partial charge in [-0.1, -0.05) is 17.7 Å². The average Bonchev–Trinajstić information content (AvgIpc) is 2.88. The standard InChI is InChI=1S/C25H26ClN3O6/c1-16-10-20(22(32-2)13-19(16)26)28-25(31)18(14-27)11-17-4-5-21(23(12-17)33-3)35-15-24(30)29-6-8-34-9-7-29/h4-5,10-13H,6-9,15H2,1-3H3,(H,28,31)/b18-11+. The van der Waals surface area contributed by atoms with Crippen LogP contribution in [0, 0.1) is 18.3 Å². The number of aryl methyl sites for hydroxylation is 1. The topological polar surface area (TPSA) is 110 Å². The lowest BCUT2D eigenvalue weighted by molar-refractivity contribution is -0.137. The van der Waals surface area contributed by atoms with Crippen LogP contribution in [-0.2, 0) is 14.3 Å². The van der Waals surface area contributed by atoms with Gasteiger partial charge in [0.15, 0.2) is 18.1 Å². The fourth-order valence-corrected chi connectivity index (χ4v) is 3.53. The molecule has 2 aromatic rings. The highest BCUT2D eigenvalue weighted by molar-refractivity contribution is 6.31. The van der Waals surface area contributed by atoms with Crippen molar-refractivity contribution in [3.63, 3.8) is 0 Å². The van der Waals surface area contributed by atoms with Crippen molar-refractivity contribution in [1.29, 1.82) is 5.26 Å². The number of benzene rings is 2. The Kier molecular flexibility index (Phi) is 8.95. The summed E-state index contributed by atoms with van der Waals surface area (Å²) in [4.78, 5) is 26.8. The molecule has 0 unspecified atom stereocenters. The Morgan fingerprint density at radius 2 is 1.86 bits per heavy atom. The zero-order valence-electron chi connectivity index (χ0n) is 19.7. The van der Waals surface area contributed by atoms with Gasteiger partial charge in [0.2, 0.25) is 0 Å². The summed E-state index contributed by atoms with van der Waals surface area (Å²) < 4.78 is 21.6. The van der Waals surface area contributed by atoms with Gasteiger partial charge in [-0.05, 0) is 42.3 Å². The first-order valence-electron chi connectivity index (χ1n) is 10.8. The van der Waals surface area contributed by atoms with Gasteiger partial charge < -0.3 is 29.2 Å². The van der Waals surface area contributed by atoms with Crippen molar-refractivity contribution >= 4 is 35.2 Å². The molecule has 3 rings (SSSR count). The zero-order valence-corrected chi connectivity index (χ0v) is 20.5. The maximum atomic E-state index is 12.8. The molecule has 1 heterocycles. The summed E-state index contributed by atoms with van der Waals surface area (Å²) in [6.45, 7) is 3.74. The normalized spacial score (nSPS) is 13.6. The number of rotatable bonds is 8. The SMILES string of the molecule is COc1cc(Cl)c(C)cc1NC(=O)/C(C#N)=C/c1ccc(OCC(=O)N2CCOCC2)c(OC)c1. The number of halogens is 1. The largest absolute Gasteiger partial charge is 0.495 e. The highest BCUT2D eigenvalue weighted by Gasteiger charge is 2.18. The molecule has 0 radical (unpaired) electrons. The molecule has 9 nitrogen and oxygen atoms in total.